The maximum absolute atomic E-state index is 14.1. The largest absolute Gasteiger partial charge is 0.466 e. The Labute approximate surface area is 182 Å². The van der Waals surface area contributed by atoms with E-state index in [1.54, 1.807) is 20.1 Å². The molecule has 0 amide bonds. The molecule has 0 unspecified atom stereocenters. The van der Waals surface area contributed by atoms with E-state index in [9.17, 15) is 9.18 Å². The van der Waals surface area contributed by atoms with Gasteiger partial charge in [-0.1, -0.05) is 35.9 Å². The molecule has 0 aliphatic carbocycles. The number of esters is 1. The second-order valence-corrected chi connectivity index (χ2v) is 7.60. The number of rotatable bonds is 12. The van der Waals surface area contributed by atoms with Gasteiger partial charge in [0, 0.05) is 36.8 Å². The third-order valence-electron chi connectivity index (χ3n) is 4.77. The molecule has 30 heavy (non-hydrogen) atoms. The zero-order chi connectivity index (χ0) is 21.9. The second-order valence-electron chi connectivity index (χ2n) is 7.17. The Kier molecular flexibility index (Phi) is 10.2. The van der Waals surface area contributed by atoms with Crippen molar-refractivity contribution in [2.75, 3.05) is 33.4 Å². The zero-order valence-corrected chi connectivity index (χ0v) is 18.3. The molecule has 0 aliphatic rings. The molecule has 2 aromatic carbocycles. The van der Waals surface area contributed by atoms with Crippen LogP contribution in [0.1, 0.15) is 18.9 Å². The van der Waals surface area contributed by atoms with Crippen molar-refractivity contribution in [2.24, 2.45) is 11.7 Å². The van der Waals surface area contributed by atoms with Crippen LogP contribution in [-0.4, -0.2) is 45.4 Å². The van der Waals surface area contributed by atoms with E-state index in [0.29, 0.717) is 49.7 Å². The maximum Gasteiger partial charge on any atom is 0.310 e. The van der Waals surface area contributed by atoms with Crippen molar-refractivity contribution >= 4 is 17.6 Å². The minimum Gasteiger partial charge on any atom is -0.466 e. The maximum atomic E-state index is 14.1. The fourth-order valence-electron chi connectivity index (χ4n) is 3.26. The SMILES string of the molecule is CCOC(=O)[C@H](CNCCOC)C[C@H](N)Cc1ccc(-c2cc(Cl)ccc2F)cc1. The minimum absolute atomic E-state index is 0.211. The Bertz CT molecular complexity index is 802. The molecule has 7 heteroatoms. The van der Waals surface area contributed by atoms with Gasteiger partial charge in [-0.2, -0.15) is 0 Å². The second kappa shape index (κ2) is 12.6. The summed E-state index contributed by atoms with van der Waals surface area (Å²) in [7, 11) is 1.63. The van der Waals surface area contributed by atoms with Crippen molar-refractivity contribution in [3.8, 4) is 11.1 Å². The van der Waals surface area contributed by atoms with Gasteiger partial charge in [0.2, 0.25) is 0 Å². The van der Waals surface area contributed by atoms with E-state index in [2.05, 4.69) is 5.32 Å². The van der Waals surface area contributed by atoms with Crippen molar-refractivity contribution < 1.29 is 18.7 Å². The molecule has 0 spiro atoms. The van der Waals surface area contributed by atoms with Crippen molar-refractivity contribution in [1.82, 2.24) is 5.32 Å². The van der Waals surface area contributed by atoms with Crippen LogP contribution in [0.4, 0.5) is 4.39 Å². The van der Waals surface area contributed by atoms with E-state index in [0.717, 1.165) is 11.1 Å². The molecule has 2 rings (SSSR count). The summed E-state index contributed by atoms with van der Waals surface area (Å²) >= 11 is 5.98. The van der Waals surface area contributed by atoms with Crippen LogP contribution in [0.3, 0.4) is 0 Å². The van der Waals surface area contributed by atoms with Crippen LogP contribution < -0.4 is 11.1 Å². The van der Waals surface area contributed by atoms with Gasteiger partial charge in [-0.15, -0.1) is 0 Å². The van der Waals surface area contributed by atoms with Gasteiger partial charge in [0.1, 0.15) is 5.82 Å². The van der Waals surface area contributed by atoms with Gasteiger partial charge in [-0.25, -0.2) is 4.39 Å². The first-order valence-corrected chi connectivity index (χ1v) is 10.5. The molecule has 0 heterocycles. The van der Waals surface area contributed by atoms with Crippen LogP contribution >= 0.6 is 11.6 Å². The third kappa shape index (κ3) is 7.69. The van der Waals surface area contributed by atoms with E-state index >= 15 is 0 Å². The number of hydrogen-bond donors (Lipinski definition) is 2. The van der Waals surface area contributed by atoms with Crippen LogP contribution in [0.2, 0.25) is 5.02 Å². The predicted octanol–water partition coefficient (Wildman–Crippen LogP) is 3.82. The summed E-state index contributed by atoms with van der Waals surface area (Å²) in [5.74, 6) is -0.886. The number of halogens is 2. The van der Waals surface area contributed by atoms with E-state index < -0.39 is 0 Å². The summed E-state index contributed by atoms with van der Waals surface area (Å²) in [5.41, 5.74) is 8.55. The van der Waals surface area contributed by atoms with Gasteiger partial charge in [0.25, 0.3) is 0 Å². The molecule has 0 fully saturated rings. The van der Waals surface area contributed by atoms with E-state index in [4.69, 9.17) is 26.8 Å². The van der Waals surface area contributed by atoms with Crippen molar-refractivity contribution in [2.45, 2.75) is 25.8 Å². The van der Waals surface area contributed by atoms with Gasteiger partial charge < -0.3 is 20.5 Å². The lowest BCUT2D eigenvalue weighted by Crippen LogP contribution is -2.37. The van der Waals surface area contributed by atoms with Gasteiger partial charge in [0.15, 0.2) is 0 Å². The minimum atomic E-state index is -0.323. The lowest BCUT2D eigenvalue weighted by atomic mass is 9.94. The molecule has 0 aromatic heterocycles. The fraction of sp³-hybridized carbons (Fsp3) is 0.435. The Morgan fingerprint density at radius 3 is 2.63 bits per heavy atom. The van der Waals surface area contributed by atoms with Gasteiger partial charge >= 0.3 is 5.97 Å². The Hall–Kier alpha value is -1.99. The first-order valence-electron chi connectivity index (χ1n) is 10.1. The number of carbonyl (C=O) groups is 1. The number of nitrogens with one attached hydrogen (secondary N) is 1. The molecule has 5 nitrogen and oxygen atoms in total. The average molecular weight is 437 g/mol. The summed E-state index contributed by atoms with van der Waals surface area (Å²) < 4.78 is 24.3. The van der Waals surface area contributed by atoms with Crippen LogP contribution in [0, 0.1) is 11.7 Å². The number of carbonyl (C=O) groups excluding carboxylic acids is 1. The third-order valence-corrected chi connectivity index (χ3v) is 5.01. The highest BCUT2D eigenvalue weighted by molar-refractivity contribution is 6.30. The lowest BCUT2D eigenvalue weighted by molar-refractivity contribution is -0.148. The Morgan fingerprint density at radius 2 is 1.97 bits per heavy atom. The Balaban J connectivity index is 1.98. The highest BCUT2D eigenvalue weighted by Gasteiger charge is 2.22. The van der Waals surface area contributed by atoms with Crippen molar-refractivity contribution in [3.05, 3.63) is 58.9 Å². The summed E-state index contributed by atoms with van der Waals surface area (Å²) in [4.78, 5) is 12.3. The van der Waals surface area contributed by atoms with Crippen molar-refractivity contribution in [3.63, 3.8) is 0 Å². The topological polar surface area (TPSA) is 73.6 Å². The molecule has 164 valence electrons. The number of benzene rings is 2. The van der Waals surface area contributed by atoms with Crippen LogP contribution in [0.25, 0.3) is 11.1 Å². The van der Waals surface area contributed by atoms with Gasteiger partial charge in [0.05, 0.1) is 19.1 Å². The number of ether oxygens (including phenoxy) is 2. The fourth-order valence-corrected chi connectivity index (χ4v) is 3.44. The van der Waals surface area contributed by atoms with Crippen LogP contribution in [0.15, 0.2) is 42.5 Å². The molecular formula is C23H30ClFN2O3. The lowest BCUT2D eigenvalue weighted by Gasteiger charge is -2.20. The molecule has 0 radical (unpaired) electrons. The van der Waals surface area contributed by atoms with Gasteiger partial charge in [-0.05, 0) is 49.1 Å². The molecule has 3 N–H and O–H groups in total. The summed E-state index contributed by atoms with van der Waals surface area (Å²) in [5, 5.41) is 3.69. The first kappa shape index (κ1) is 24.3. The number of nitrogens with two attached hydrogens (primary N) is 1. The molecule has 0 aliphatic heterocycles. The standard InChI is InChI=1S/C23H30ClFN2O3/c1-3-30-23(28)18(15-27-10-11-29-2)13-20(26)12-16-4-6-17(7-5-16)21-14-19(24)8-9-22(21)25/h4-9,14,18,20,27H,3,10-13,15,26H2,1-2H3/t18-,20+/m0/s1. The van der Waals surface area contributed by atoms with Crippen LogP contribution in [0.5, 0.6) is 0 Å². The average Bonchev–Trinajstić information content (AvgIpc) is 2.73. The Morgan fingerprint density at radius 1 is 1.23 bits per heavy atom. The number of hydrogen-bond acceptors (Lipinski definition) is 5. The van der Waals surface area contributed by atoms with Crippen molar-refractivity contribution in [1.29, 1.82) is 0 Å². The molecule has 2 aromatic rings. The molecule has 0 bridgehead atoms. The quantitative estimate of drug-likeness (QED) is 0.391. The van der Waals surface area contributed by atoms with E-state index in [-0.39, 0.29) is 23.7 Å². The monoisotopic (exact) mass is 436 g/mol. The molecule has 2 atom stereocenters. The summed E-state index contributed by atoms with van der Waals surface area (Å²) in [6, 6.07) is 11.8. The first-order chi connectivity index (χ1) is 14.4. The molecule has 0 saturated heterocycles. The normalized spacial score (nSPS) is 13.1. The highest BCUT2D eigenvalue weighted by atomic mass is 35.5. The van der Waals surface area contributed by atoms with Crippen LogP contribution in [-0.2, 0) is 20.7 Å². The smallest absolute Gasteiger partial charge is 0.310 e. The molecule has 0 saturated carbocycles. The molecular weight excluding hydrogens is 407 g/mol. The summed E-state index contributed by atoms with van der Waals surface area (Å²) in [6.07, 6.45) is 1.11. The highest BCUT2D eigenvalue weighted by Crippen LogP contribution is 2.26. The zero-order valence-electron chi connectivity index (χ0n) is 17.5. The van der Waals surface area contributed by atoms with Gasteiger partial charge in [-0.3, -0.25) is 4.79 Å². The summed E-state index contributed by atoms with van der Waals surface area (Å²) in [6.45, 7) is 3.84. The van der Waals surface area contributed by atoms with E-state index in [1.165, 1.54) is 12.1 Å². The predicted molar refractivity (Wildman–Crippen MR) is 118 cm³/mol. The number of methoxy groups -OCH3 is 1. The van der Waals surface area contributed by atoms with E-state index in [1.807, 2.05) is 24.3 Å².